The molecule has 0 spiro atoms. The maximum Gasteiger partial charge on any atom is 0.229 e. The molecule has 3 rings (SSSR count). The summed E-state index contributed by atoms with van der Waals surface area (Å²) < 4.78 is 0. The van der Waals surface area contributed by atoms with Crippen LogP contribution in [0.1, 0.15) is 44.6 Å². The van der Waals surface area contributed by atoms with Gasteiger partial charge in [-0.3, -0.25) is 19.5 Å². The van der Waals surface area contributed by atoms with E-state index in [1.54, 1.807) is 0 Å². The molecule has 0 aromatic heterocycles. The first-order valence-corrected chi connectivity index (χ1v) is 10.3. The fraction of sp³-hybridized carbons (Fsp3) is 0.500. The van der Waals surface area contributed by atoms with Gasteiger partial charge < -0.3 is 10.2 Å². The van der Waals surface area contributed by atoms with Gasteiger partial charge in [-0.1, -0.05) is 42.0 Å². The molecule has 2 saturated heterocycles. The standard InChI is InChI=1S/C22H30N4O2.HI/c1-2-23-22(24-13-16-26-20(27)9-6-10-21(26)28)25-14-11-19(12-15-25)17-18-7-4-3-5-8-18;/h3-5,7-8,17H,2,6,9-16H2,1H3,(H,23,24);1H. The van der Waals surface area contributed by atoms with Crippen molar-refractivity contribution in [2.75, 3.05) is 32.7 Å². The Bertz CT molecular complexity index is 722. The number of carbonyl (C=O) groups excluding carboxylic acids is 2. The Labute approximate surface area is 190 Å². The second-order valence-electron chi connectivity index (χ2n) is 7.23. The number of rotatable bonds is 5. The first-order valence-electron chi connectivity index (χ1n) is 10.3. The van der Waals surface area contributed by atoms with E-state index in [0.29, 0.717) is 32.4 Å². The molecule has 2 amide bonds. The van der Waals surface area contributed by atoms with Crippen molar-refractivity contribution in [2.45, 2.75) is 39.0 Å². The highest BCUT2D eigenvalue weighted by molar-refractivity contribution is 14.0. The number of halogens is 1. The SMILES string of the molecule is CCNC(=NCCN1C(=O)CCCC1=O)N1CCC(=Cc2ccccc2)CC1.I. The molecule has 2 aliphatic heterocycles. The van der Waals surface area contributed by atoms with E-state index in [1.165, 1.54) is 16.0 Å². The van der Waals surface area contributed by atoms with Crippen molar-refractivity contribution in [1.82, 2.24) is 15.1 Å². The monoisotopic (exact) mass is 510 g/mol. The fourth-order valence-electron chi connectivity index (χ4n) is 3.67. The third-order valence-electron chi connectivity index (χ3n) is 5.18. The Kier molecular flexibility index (Phi) is 9.63. The largest absolute Gasteiger partial charge is 0.357 e. The highest BCUT2D eigenvalue weighted by Gasteiger charge is 2.25. The maximum absolute atomic E-state index is 11.9. The quantitative estimate of drug-likeness (QED) is 0.286. The summed E-state index contributed by atoms with van der Waals surface area (Å²) in [6, 6.07) is 10.4. The molecule has 0 aliphatic carbocycles. The highest BCUT2D eigenvalue weighted by atomic mass is 127. The normalized spacial score (nSPS) is 17.8. The lowest BCUT2D eigenvalue weighted by atomic mass is 10.0. The minimum atomic E-state index is -0.0647. The second kappa shape index (κ2) is 11.9. The van der Waals surface area contributed by atoms with E-state index in [9.17, 15) is 9.59 Å². The second-order valence-corrected chi connectivity index (χ2v) is 7.23. The molecule has 1 N–H and O–H groups in total. The van der Waals surface area contributed by atoms with Crippen LogP contribution in [0.4, 0.5) is 0 Å². The number of likely N-dealkylation sites (tertiary alicyclic amines) is 2. The van der Waals surface area contributed by atoms with Gasteiger partial charge in [-0.15, -0.1) is 24.0 Å². The lowest BCUT2D eigenvalue weighted by Crippen LogP contribution is -2.45. The third-order valence-corrected chi connectivity index (χ3v) is 5.18. The number of hydrogen-bond donors (Lipinski definition) is 1. The van der Waals surface area contributed by atoms with Crippen molar-refractivity contribution in [3.05, 3.63) is 41.5 Å². The van der Waals surface area contributed by atoms with Gasteiger partial charge in [0.25, 0.3) is 0 Å². The number of nitrogens with one attached hydrogen (secondary N) is 1. The molecule has 6 nitrogen and oxygen atoms in total. The third kappa shape index (κ3) is 6.83. The van der Waals surface area contributed by atoms with Gasteiger partial charge in [-0.2, -0.15) is 0 Å². The molecule has 1 aromatic rings. The predicted molar refractivity (Wildman–Crippen MR) is 127 cm³/mol. The van der Waals surface area contributed by atoms with Crippen molar-refractivity contribution < 1.29 is 9.59 Å². The lowest BCUT2D eigenvalue weighted by Gasteiger charge is -2.32. The van der Waals surface area contributed by atoms with Crippen LogP contribution in [0.25, 0.3) is 6.08 Å². The van der Waals surface area contributed by atoms with Crippen LogP contribution >= 0.6 is 24.0 Å². The topological polar surface area (TPSA) is 65.0 Å². The van der Waals surface area contributed by atoms with E-state index < -0.39 is 0 Å². The van der Waals surface area contributed by atoms with Crippen LogP contribution in [0.2, 0.25) is 0 Å². The summed E-state index contributed by atoms with van der Waals surface area (Å²) in [6.07, 6.45) is 5.93. The van der Waals surface area contributed by atoms with Gasteiger partial charge in [-0.05, 0) is 31.7 Å². The van der Waals surface area contributed by atoms with E-state index in [-0.39, 0.29) is 35.8 Å². The fourth-order valence-corrected chi connectivity index (χ4v) is 3.67. The van der Waals surface area contributed by atoms with Crippen molar-refractivity contribution in [1.29, 1.82) is 0 Å². The van der Waals surface area contributed by atoms with Crippen molar-refractivity contribution in [2.24, 2.45) is 4.99 Å². The summed E-state index contributed by atoms with van der Waals surface area (Å²) in [5.41, 5.74) is 2.71. The van der Waals surface area contributed by atoms with Gasteiger partial charge in [0, 0.05) is 39.0 Å². The van der Waals surface area contributed by atoms with E-state index >= 15 is 0 Å². The van der Waals surface area contributed by atoms with Gasteiger partial charge in [0.1, 0.15) is 0 Å². The van der Waals surface area contributed by atoms with Crippen molar-refractivity contribution in [3.8, 4) is 0 Å². The van der Waals surface area contributed by atoms with E-state index in [1.807, 2.05) is 6.07 Å². The molecule has 0 atom stereocenters. The molecule has 158 valence electrons. The van der Waals surface area contributed by atoms with Crippen LogP contribution < -0.4 is 5.32 Å². The average Bonchev–Trinajstić information content (AvgIpc) is 2.71. The Morgan fingerprint density at radius 1 is 1.07 bits per heavy atom. The van der Waals surface area contributed by atoms with E-state index in [0.717, 1.165) is 38.4 Å². The zero-order valence-corrected chi connectivity index (χ0v) is 19.4. The van der Waals surface area contributed by atoms with E-state index in [4.69, 9.17) is 0 Å². The van der Waals surface area contributed by atoms with Gasteiger partial charge >= 0.3 is 0 Å². The van der Waals surface area contributed by atoms with Crippen molar-refractivity contribution >= 4 is 47.8 Å². The summed E-state index contributed by atoms with van der Waals surface area (Å²) in [4.78, 5) is 32.1. The first-order chi connectivity index (χ1) is 13.7. The number of hydrogen-bond acceptors (Lipinski definition) is 3. The van der Waals surface area contributed by atoms with Crippen LogP contribution in [-0.2, 0) is 9.59 Å². The van der Waals surface area contributed by atoms with Crippen LogP contribution in [0.15, 0.2) is 40.9 Å². The number of piperidine rings is 2. The first kappa shape index (κ1) is 23.4. The molecule has 0 bridgehead atoms. The minimum absolute atomic E-state index is 0. The van der Waals surface area contributed by atoms with Crippen molar-refractivity contribution in [3.63, 3.8) is 0 Å². The van der Waals surface area contributed by atoms with Crippen LogP contribution in [-0.4, -0.2) is 60.3 Å². The molecule has 2 fully saturated rings. The van der Waals surface area contributed by atoms with Crippen LogP contribution in [0, 0.1) is 0 Å². The van der Waals surface area contributed by atoms with Crippen LogP contribution in [0.5, 0.6) is 0 Å². The number of amides is 2. The molecule has 7 heteroatoms. The number of nitrogens with zero attached hydrogens (tertiary/aromatic N) is 3. The Morgan fingerprint density at radius 2 is 1.72 bits per heavy atom. The minimum Gasteiger partial charge on any atom is -0.357 e. The lowest BCUT2D eigenvalue weighted by molar-refractivity contribution is -0.147. The smallest absolute Gasteiger partial charge is 0.229 e. The summed E-state index contributed by atoms with van der Waals surface area (Å²) in [6.45, 7) is 5.52. The predicted octanol–water partition coefficient (Wildman–Crippen LogP) is 3.29. The maximum atomic E-state index is 11.9. The zero-order chi connectivity index (χ0) is 19.8. The van der Waals surface area contributed by atoms with Gasteiger partial charge in [0.2, 0.25) is 11.8 Å². The molecule has 0 unspecified atom stereocenters. The molecule has 0 radical (unpaired) electrons. The Balaban J connectivity index is 0.00000300. The van der Waals surface area contributed by atoms with Crippen LogP contribution in [0.3, 0.4) is 0 Å². The molecular weight excluding hydrogens is 479 g/mol. The molecule has 29 heavy (non-hydrogen) atoms. The number of benzene rings is 1. The molecule has 2 heterocycles. The van der Waals surface area contributed by atoms with E-state index in [2.05, 4.69) is 52.5 Å². The highest BCUT2D eigenvalue weighted by Crippen LogP contribution is 2.19. The van der Waals surface area contributed by atoms with Gasteiger partial charge in [0.05, 0.1) is 6.54 Å². The molecule has 0 saturated carbocycles. The molecule has 1 aromatic carbocycles. The molecular formula is C22H31IN4O2. The summed E-state index contributed by atoms with van der Waals surface area (Å²) in [5, 5.41) is 3.35. The Morgan fingerprint density at radius 3 is 2.34 bits per heavy atom. The summed E-state index contributed by atoms with van der Waals surface area (Å²) in [7, 11) is 0. The number of imide groups is 1. The molecule has 2 aliphatic rings. The average molecular weight is 510 g/mol. The van der Waals surface area contributed by atoms with Gasteiger partial charge in [-0.25, -0.2) is 0 Å². The summed E-state index contributed by atoms with van der Waals surface area (Å²) >= 11 is 0. The number of guanidine groups is 1. The van der Waals surface area contributed by atoms with Gasteiger partial charge in [0.15, 0.2) is 5.96 Å². The number of carbonyl (C=O) groups is 2. The number of aliphatic imine (C=N–C) groups is 1. The zero-order valence-electron chi connectivity index (χ0n) is 17.1. The summed E-state index contributed by atoms with van der Waals surface area (Å²) in [5.74, 6) is 0.744. The Hall–Kier alpha value is -1.90.